The number of hydrogen-bond acceptors (Lipinski definition) is 4. The van der Waals surface area contributed by atoms with Crippen molar-refractivity contribution < 1.29 is 17.4 Å². The topological polar surface area (TPSA) is 36.9 Å². The van der Waals surface area contributed by atoms with Crippen molar-refractivity contribution in [1.29, 1.82) is 0 Å². The summed E-state index contributed by atoms with van der Waals surface area (Å²) in [5.74, 6) is 0. The predicted molar refractivity (Wildman–Crippen MR) is 92.0 cm³/mol. The first-order chi connectivity index (χ1) is 9.04. The first-order valence-electron chi connectivity index (χ1n) is 7.57. The second-order valence-electron chi connectivity index (χ2n) is 6.81. The van der Waals surface area contributed by atoms with Crippen molar-refractivity contribution in [2.45, 2.75) is 65.5 Å². The molecule has 0 radical (unpaired) electrons. The van der Waals surface area contributed by atoms with Gasteiger partial charge in [0.15, 0.2) is 8.32 Å². The van der Waals surface area contributed by atoms with Crippen molar-refractivity contribution in [3.05, 3.63) is 0 Å². The number of unbranched alkanes of at least 4 members (excludes halogenated alkanes) is 2. The molecule has 0 saturated heterocycles. The molecule has 122 valence electrons. The van der Waals surface area contributed by atoms with Crippen molar-refractivity contribution in [2.75, 3.05) is 19.9 Å². The Morgan fingerprint density at radius 2 is 1.45 bits per heavy atom. The molecule has 0 rings (SSSR count). The summed E-state index contributed by atoms with van der Waals surface area (Å²) in [4.78, 5) is 0. The van der Waals surface area contributed by atoms with E-state index in [-0.39, 0.29) is 0 Å². The summed E-state index contributed by atoms with van der Waals surface area (Å²) < 4.78 is 23.9. The minimum atomic E-state index is -2.28. The van der Waals surface area contributed by atoms with E-state index in [1.165, 1.54) is 12.8 Å². The molecule has 0 saturated carbocycles. The lowest BCUT2D eigenvalue weighted by molar-refractivity contribution is 0.132. The largest absolute Gasteiger partial charge is 0.437 e. The average molecular weight is 339 g/mol. The van der Waals surface area contributed by atoms with E-state index >= 15 is 0 Å². The van der Waals surface area contributed by atoms with Gasteiger partial charge in [-0.2, -0.15) is 0 Å². The third kappa shape index (κ3) is 10.3. The van der Waals surface area contributed by atoms with Gasteiger partial charge in [0.2, 0.25) is 0 Å². The number of hydrogen-bond donors (Lipinski definition) is 0. The van der Waals surface area contributed by atoms with Crippen molar-refractivity contribution >= 4 is 25.4 Å². The van der Waals surface area contributed by atoms with Gasteiger partial charge in [-0.05, 0) is 45.7 Å². The summed E-state index contributed by atoms with van der Waals surface area (Å²) in [6, 6.07) is 0. The third-order valence-corrected chi connectivity index (χ3v) is 12.4. The lowest BCUT2D eigenvalue weighted by atomic mass is 10.3. The van der Waals surface area contributed by atoms with Crippen LogP contribution in [0.25, 0.3) is 0 Å². The highest BCUT2D eigenvalue weighted by molar-refractivity contribution is 6.86. The van der Waals surface area contributed by atoms with Crippen LogP contribution in [0.1, 0.15) is 26.2 Å². The summed E-state index contributed by atoms with van der Waals surface area (Å²) in [5.41, 5.74) is 0. The van der Waals surface area contributed by atoms with Crippen molar-refractivity contribution in [3.8, 4) is 0 Å². The van der Waals surface area contributed by atoms with Crippen LogP contribution in [0.5, 0.6) is 0 Å². The van der Waals surface area contributed by atoms with Gasteiger partial charge < -0.3 is 17.4 Å². The molecule has 0 aliphatic carbocycles. The first kappa shape index (κ1) is 20.5. The quantitative estimate of drug-likeness (QED) is 0.421. The minimum absolute atomic E-state index is 0.582. The zero-order valence-electron chi connectivity index (χ0n) is 14.7. The molecule has 0 aliphatic heterocycles. The fraction of sp³-hybridized carbons (Fsp3) is 1.00. The van der Waals surface area contributed by atoms with Crippen LogP contribution in [0.15, 0.2) is 0 Å². The fourth-order valence-corrected chi connectivity index (χ4v) is 13.9. The molecule has 20 heavy (non-hydrogen) atoms. The van der Waals surface area contributed by atoms with Crippen molar-refractivity contribution in [1.82, 2.24) is 0 Å². The fourth-order valence-electron chi connectivity index (χ4n) is 2.12. The maximum atomic E-state index is 6.30. The first-order valence-corrected chi connectivity index (χ1v) is 16.3. The molecule has 0 fully saturated rings. The van der Waals surface area contributed by atoms with Gasteiger partial charge in [-0.25, -0.2) is 0 Å². The zero-order valence-corrected chi connectivity index (χ0v) is 17.7. The SMILES string of the molecule is CCCCCOC[Si](C)(OC)O[Si](C)(C)O[Si](C)(C)C. The Hall–Kier alpha value is 0.491. The van der Waals surface area contributed by atoms with Crippen LogP contribution in [0.4, 0.5) is 0 Å². The molecule has 0 N–H and O–H groups in total. The van der Waals surface area contributed by atoms with Gasteiger partial charge in [-0.1, -0.05) is 19.8 Å². The molecule has 0 aromatic heterocycles. The minimum Gasteiger partial charge on any atom is -0.437 e. The van der Waals surface area contributed by atoms with Gasteiger partial charge >= 0.3 is 17.1 Å². The van der Waals surface area contributed by atoms with E-state index in [2.05, 4.69) is 46.2 Å². The second kappa shape index (κ2) is 8.82. The Balaban J connectivity index is 4.34. The summed E-state index contributed by atoms with van der Waals surface area (Å²) in [5, 5.41) is 0. The van der Waals surface area contributed by atoms with Gasteiger partial charge in [0.05, 0.1) is 6.23 Å². The van der Waals surface area contributed by atoms with E-state index in [9.17, 15) is 0 Å². The van der Waals surface area contributed by atoms with Crippen LogP contribution in [0, 0.1) is 0 Å². The number of rotatable bonds is 11. The van der Waals surface area contributed by atoms with Gasteiger partial charge in [0, 0.05) is 13.7 Å². The van der Waals surface area contributed by atoms with Crippen LogP contribution in [-0.4, -0.2) is 45.4 Å². The molecule has 0 aliphatic rings. The standard InChI is InChI=1S/C13H34O4Si3/c1-9-10-11-12-15-13-20(8,14-2)17-19(6,7)16-18(3,4)5/h9-13H2,1-8H3. The van der Waals surface area contributed by atoms with Gasteiger partial charge in [0.1, 0.15) is 0 Å². The second-order valence-corrected chi connectivity index (χ2v) is 18.4. The van der Waals surface area contributed by atoms with E-state index in [0.29, 0.717) is 6.23 Å². The molecule has 0 amide bonds. The lowest BCUT2D eigenvalue weighted by Gasteiger charge is -2.37. The van der Waals surface area contributed by atoms with Crippen LogP contribution >= 0.6 is 0 Å². The summed E-state index contributed by atoms with van der Waals surface area (Å²) >= 11 is 0. The molecule has 0 heterocycles. The summed E-state index contributed by atoms with van der Waals surface area (Å²) in [6.45, 7) is 15.8. The number of ether oxygens (including phenoxy) is 1. The van der Waals surface area contributed by atoms with Gasteiger partial charge in [0.25, 0.3) is 0 Å². The van der Waals surface area contributed by atoms with Crippen molar-refractivity contribution in [3.63, 3.8) is 0 Å². The molecule has 1 atom stereocenters. The molecule has 0 spiro atoms. The Morgan fingerprint density at radius 1 is 0.850 bits per heavy atom. The van der Waals surface area contributed by atoms with Gasteiger partial charge in [-0.3, -0.25) is 0 Å². The average Bonchev–Trinajstić information content (AvgIpc) is 2.24. The van der Waals surface area contributed by atoms with E-state index < -0.39 is 25.4 Å². The summed E-state index contributed by atoms with van der Waals surface area (Å²) in [7, 11) is -4.30. The molecule has 7 heteroatoms. The Morgan fingerprint density at radius 3 is 1.90 bits per heavy atom. The van der Waals surface area contributed by atoms with Gasteiger partial charge in [-0.15, -0.1) is 0 Å². The van der Waals surface area contributed by atoms with E-state index in [1.807, 2.05) is 0 Å². The maximum Gasteiger partial charge on any atom is 0.352 e. The highest BCUT2D eigenvalue weighted by atomic mass is 28.5. The molecule has 1 unspecified atom stereocenters. The Kier molecular flexibility index (Phi) is 9.03. The molecule has 0 bridgehead atoms. The highest BCUT2D eigenvalue weighted by Crippen LogP contribution is 2.21. The van der Waals surface area contributed by atoms with Crippen molar-refractivity contribution in [2.24, 2.45) is 0 Å². The molecule has 4 nitrogen and oxygen atoms in total. The van der Waals surface area contributed by atoms with Crippen LogP contribution < -0.4 is 0 Å². The van der Waals surface area contributed by atoms with Crippen LogP contribution in [0.2, 0.25) is 39.3 Å². The lowest BCUT2D eigenvalue weighted by Crippen LogP contribution is -2.56. The van der Waals surface area contributed by atoms with E-state index in [4.69, 9.17) is 17.4 Å². The Bertz CT molecular complexity index is 269. The predicted octanol–water partition coefficient (Wildman–Crippen LogP) is 4.02. The van der Waals surface area contributed by atoms with E-state index in [1.54, 1.807) is 7.11 Å². The molecule has 0 aromatic rings. The molecular weight excluding hydrogens is 304 g/mol. The molecular formula is C13H34O4Si3. The molecule has 0 aromatic carbocycles. The van der Waals surface area contributed by atoms with E-state index in [0.717, 1.165) is 13.0 Å². The maximum absolute atomic E-state index is 6.30. The highest BCUT2D eigenvalue weighted by Gasteiger charge is 2.42. The summed E-state index contributed by atoms with van der Waals surface area (Å²) in [6.07, 6.45) is 4.11. The monoisotopic (exact) mass is 338 g/mol. The zero-order chi connectivity index (χ0) is 15.9. The normalized spacial score (nSPS) is 16.2. The van der Waals surface area contributed by atoms with Crippen LogP contribution in [0.3, 0.4) is 0 Å². The third-order valence-electron chi connectivity index (χ3n) is 2.70. The smallest absolute Gasteiger partial charge is 0.352 e. The Labute approximate surface area is 128 Å². The van der Waals surface area contributed by atoms with Crippen LogP contribution in [-0.2, 0) is 17.4 Å².